The monoisotopic (exact) mass is 310 g/mol. The Bertz CT molecular complexity index is 212. The van der Waals surface area contributed by atoms with Crippen molar-refractivity contribution in [2.75, 3.05) is 0 Å². The lowest BCUT2D eigenvalue weighted by atomic mass is 9.72. The fourth-order valence-electron chi connectivity index (χ4n) is 2.60. The molecule has 82 valence electrons. The third-order valence-electron chi connectivity index (χ3n) is 2.93. The zero-order valence-electron chi connectivity index (χ0n) is 9.23. The molecule has 1 aliphatic rings. The van der Waals surface area contributed by atoms with Crippen molar-refractivity contribution in [1.82, 2.24) is 0 Å². The Labute approximate surface area is 100 Å². The summed E-state index contributed by atoms with van der Waals surface area (Å²) in [7, 11) is 0. The van der Waals surface area contributed by atoms with Crippen molar-refractivity contribution >= 4 is 29.0 Å². The van der Waals surface area contributed by atoms with Gasteiger partial charge in [-0.1, -0.05) is 33.6 Å². The molecule has 0 radical (unpaired) electrons. The van der Waals surface area contributed by atoms with Gasteiger partial charge in [0.1, 0.15) is 0 Å². The minimum atomic E-state index is -0.181. The molecule has 0 N–H and O–H groups in total. The Morgan fingerprint density at radius 3 is 2.21 bits per heavy atom. The summed E-state index contributed by atoms with van der Waals surface area (Å²) >= 11 is 1.72. The zero-order chi connectivity index (χ0) is 10.8. The van der Waals surface area contributed by atoms with Gasteiger partial charge in [-0.3, -0.25) is 4.79 Å². The number of hydrogen-bond donors (Lipinski definition) is 0. The molecular formula is C11H19IO2. The Morgan fingerprint density at radius 1 is 1.36 bits per heavy atom. The normalized spacial score (nSPS) is 20.9. The van der Waals surface area contributed by atoms with Crippen LogP contribution in [0.5, 0.6) is 0 Å². The summed E-state index contributed by atoms with van der Waals surface area (Å²) in [6, 6.07) is 0. The molecule has 1 saturated carbocycles. The molecule has 0 aromatic carbocycles. The quantitative estimate of drug-likeness (QED) is 0.724. The van der Waals surface area contributed by atoms with E-state index in [-0.39, 0.29) is 16.8 Å². The summed E-state index contributed by atoms with van der Waals surface area (Å²) in [6.07, 6.45) is 5.30. The lowest BCUT2D eigenvalue weighted by Gasteiger charge is -2.32. The first-order valence-corrected chi connectivity index (χ1v) is 6.11. The van der Waals surface area contributed by atoms with Gasteiger partial charge in [0.15, 0.2) is 23.0 Å². The topological polar surface area (TPSA) is 26.3 Å². The third-order valence-corrected chi connectivity index (χ3v) is 3.33. The molecule has 0 spiro atoms. The summed E-state index contributed by atoms with van der Waals surface area (Å²) in [4.78, 5) is 11.8. The first-order valence-electron chi connectivity index (χ1n) is 5.23. The maximum absolute atomic E-state index is 11.8. The van der Waals surface area contributed by atoms with Gasteiger partial charge in [-0.15, -0.1) is 0 Å². The first kappa shape index (κ1) is 12.3. The molecule has 0 aromatic heterocycles. The molecule has 0 unspecified atom stereocenters. The highest BCUT2D eigenvalue weighted by atomic mass is 127. The van der Waals surface area contributed by atoms with E-state index >= 15 is 0 Å². The first-order chi connectivity index (χ1) is 6.40. The highest BCUT2D eigenvalue weighted by Crippen LogP contribution is 2.47. The van der Waals surface area contributed by atoms with E-state index in [1.165, 1.54) is 12.8 Å². The lowest BCUT2D eigenvalue weighted by molar-refractivity contribution is -0.144. The van der Waals surface area contributed by atoms with Gasteiger partial charge in [0.25, 0.3) is 0 Å². The average Bonchev–Trinajstić information content (AvgIpc) is 2.49. The maximum atomic E-state index is 11.8. The van der Waals surface area contributed by atoms with Crippen LogP contribution in [-0.2, 0) is 7.86 Å². The fourth-order valence-corrected chi connectivity index (χ4v) is 3.07. The van der Waals surface area contributed by atoms with E-state index in [0.717, 1.165) is 19.3 Å². The van der Waals surface area contributed by atoms with Gasteiger partial charge in [0.05, 0.1) is 5.41 Å². The number of carbonyl (C=O) groups excluding carboxylic acids is 1. The van der Waals surface area contributed by atoms with E-state index < -0.39 is 0 Å². The van der Waals surface area contributed by atoms with Gasteiger partial charge in [-0.2, -0.15) is 0 Å². The molecule has 0 heterocycles. The summed E-state index contributed by atoms with van der Waals surface area (Å²) in [6.45, 7) is 6.56. The van der Waals surface area contributed by atoms with Gasteiger partial charge in [0.2, 0.25) is 0 Å². The van der Waals surface area contributed by atoms with Gasteiger partial charge < -0.3 is 3.07 Å². The lowest BCUT2D eigenvalue weighted by Crippen LogP contribution is -2.32. The van der Waals surface area contributed by atoms with E-state index in [4.69, 9.17) is 3.07 Å². The van der Waals surface area contributed by atoms with Crippen LogP contribution in [0.25, 0.3) is 0 Å². The number of halogens is 1. The second kappa shape index (κ2) is 4.37. The van der Waals surface area contributed by atoms with Crippen LogP contribution in [-0.4, -0.2) is 5.97 Å². The largest absolute Gasteiger partial charge is 0.394 e. The predicted molar refractivity (Wildman–Crippen MR) is 65.1 cm³/mol. The summed E-state index contributed by atoms with van der Waals surface area (Å²) in [5, 5.41) is 0. The molecule has 1 fully saturated rings. The second-order valence-electron chi connectivity index (χ2n) is 5.59. The molecule has 1 rings (SSSR count). The van der Waals surface area contributed by atoms with Crippen molar-refractivity contribution in [2.24, 2.45) is 10.8 Å². The molecule has 0 aromatic rings. The average molecular weight is 310 g/mol. The van der Waals surface area contributed by atoms with Crippen LogP contribution in [0.2, 0.25) is 0 Å². The smallest absolute Gasteiger partial charge is 0.321 e. The molecule has 0 atom stereocenters. The van der Waals surface area contributed by atoms with E-state index in [9.17, 15) is 4.79 Å². The van der Waals surface area contributed by atoms with Crippen LogP contribution in [0.1, 0.15) is 52.9 Å². The molecule has 3 heteroatoms. The highest BCUT2D eigenvalue weighted by Gasteiger charge is 2.44. The maximum Gasteiger partial charge on any atom is 0.321 e. The Balaban J connectivity index is 2.77. The van der Waals surface area contributed by atoms with Crippen LogP contribution in [0.4, 0.5) is 0 Å². The summed E-state index contributed by atoms with van der Waals surface area (Å²) in [5.74, 6) is -0.00877. The van der Waals surface area contributed by atoms with Gasteiger partial charge >= 0.3 is 5.97 Å². The van der Waals surface area contributed by atoms with E-state index in [2.05, 4.69) is 20.8 Å². The zero-order valence-corrected chi connectivity index (χ0v) is 11.4. The fraction of sp³-hybridized carbons (Fsp3) is 0.909. The van der Waals surface area contributed by atoms with E-state index in [1.54, 1.807) is 23.0 Å². The number of carbonyl (C=O) groups is 1. The Kier molecular flexibility index (Phi) is 3.83. The minimum absolute atomic E-state index is 0.00877. The predicted octanol–water partition coefficient (Wildman–Crippen LogP) is 3.88. The standard InChI is InChI=1S/C11H19IO2/c1-10(2,3)8-11(9(13)14-12)6-4-5-7-11/h4-8H2,1-3H3. The molecule has 0 saturated heterocycles. The molecule has 0 amide bonds. The summed E-state index contributed by atoms with van der Waals surface area (Å²) in [5.41, 5.74) is 0.0224. The molecule has 1 aliphatic carbocycles. The minimum Gasteiger partial charge on any atom is -0.394 e. The molecule has 14 heavy (non-hydrogen) atoms. The Hall–Kier alpha value is 0.200. The third kappa shape index (κ3) is 2.84. The van der Waals surface area contributed by atoms with Crippen LogP contribution in [0, 0.1) is 10.8 Å². The van der Waals surface area contributed by atoms with Crippen LogP contribution in [0.15, 0.2) is 0 Å². The van der Waals surface area contributed by atoms with Crippen molar-refractivity contribution in [3.63, 3.8) is 0 Å². The highest BCUT2D eigenvalue weighted by molar-refractivity contribution is 14.1. The van der Waals surface area contributed by atoms with Crippen molar-refractivity contribution in [3.05, 3.63) is 0 Å². The van der Waals surface area contributed by atoms with Gasteiger partial charge in [-0.05, 0) is 24.7 Å². The molecule has 0 aliphatic heterocycles. The Morgan fingerprint density at radius 2 is 1.86 bits per heavy atom. The van der Waals surface area contributed by atoms with Crippen molar-refractivity contribution < 1.29 is 7.86 Å². The molecular weight excluding hydrogens is 291 g/mol. The van der Waals surface area contributed by atoms with E-state index in [0.29, 0.717) is 0 Å². The SMILES string of the molecule is CC(C)(C)CC1(C(=O)OI)CCCC1. The van der Waals surface area contributed by atoms with Crippen molar-refractivity contribution in [3.8, 4) is 0 Å². The number of hydrogen-bond acceptors (Lipinski definition) is 2. The van der Waals surface area contributed by atoms with Crippen LogP contribution >= 0.6 is 23.0 Å². The molecule has 2 nitrogen and oxygen atoms in total. The number of rotatable bonds is 2. The van der Waals surface area contributed by atoms with Crippen molar-refractivity contribution in [2.45, 2.75) is 52.9 Å². The molecule has 0 bridgehead atoms. The van der Waals surface area contributed by atoms with Gasteiger partial charge in [0, 0.05) is 0 Å². The second-order valence-corrected chi connectivity index (χ2v) is 6.03. The van der Waals surface area contributed by atoms with Crippen molar-refractivity contribution in [1.29, 1.82) is 0 Å². The van der Waals surface area contributed by atoms with Gasteiger partial charge in [-0.25, -0.2) is 0 Å². The summed E-state index contributed by atoms with van der Waals surface area (Å²) < 4.78 is 4.91. The van der Waals surface area contributed by atoms with E-state index in [1.807, 2.05) is 0 Å². The van der Waals surface area contributed by atoms with Crippen LogP contribution in [0.3, 0.4) is 0 Å². The van der Waals surface area contributed by atoms with Crippen LogP contribution < -0.4 is 0 Å².